The normalized spacial score (nSPS) is 11.3. The van der Waals surface area contributed by atoms with Crippen LogP contribution in [0.1, 0.15) is 16.1 Å². The minimum Gasteiger partial charge on any atom is -0.358 e. The zero-order valence-corrected chi connectivity index (χ0v) is 19.6. The molecule has 11 nitrogen and oxygen atoms in total. The van der Waals surface area contributed by atoms with Crippen molar-refractivity contribution in [3.05, 3.63) is 107 Å². The molecule has 4 aromatic heterocycles. The van der Waals surface area contributed by atoms with Gasteiger partial charge in [-0.3, -0.25) is 9.78 Å². The number of carbonyl (C=O) groups is 1. The maximum atomic E-state index is 13.7. The van der Waals surface area contributed by atoms with Gasteiger partial charge in [0.15, 0.2) is 17.3 Å². The lowest BCUT2D eigenvalue weighted by molar-refractivity contribution is -0.389. The van der Waals surface area contributed by atoms with E-state index in [1.54, 1.807) is 36.4 Å². The number of amides is 1. The summed E-state index contributed by atoms with van der Waals surface area (Å²) in [7, 11) is 0. The molecule has 0 saturated heterocycles. The van der Waals surface area contributed by atoms with Crippen LogP contribution in [-0.4, -0.2) is 40.8 Å². The van der Waals surface area contributed by atoms with Gasteiger partial charge >= 0.3 is 12.0 Å². The van der Waals surface area contributed by atoms with Crippen LogP contribution in [0.15, 0.2) is 85.3 Å². The Balaban J connectivity index is 1.36. The zero-order chi connectivity index (χ0) is 27.6. The first-order valence-electron chi connectivity index (χ1n) is 11.1. The van der Waals surface area contributed by atoms with Crippen LogP contribution in [0.25, 0.3) is 28.2 Å². The number of nitrogens with zero attached hydrogens (tertiary/aromatic N) is 7. The van der Waals surface area contributed by atoms with E-state index in [1.165, 1.54) is 42.9 Å². The summed E-state index contributed by atoms with van der Waals surface area (Å²) < 4.78 is 41.7. The summed E-state index contributed by atoms with van der Waals surface area (Å²) in [5, 5.41) is 25.0. The van der Waals surface area contributed by atoms with Crippen LogP contribution < -0.4 is 5.32 Å². The summed E-state index contributed by atoms with van der Waals surface area (Å²) in [6.45, 7) is 0. The molecule has 0 radical (unpaired) electrons. The van der Waals surface area contributed by atoms with Gasteiger partial charge in [0, 0.05) is 35.2 Å². The number of halogens is 3. The standard InChI is InChI=1S/C25H15F3N8O3/c26-25(27,28)20-12-19(18-5-2-10-29-13-18)34-35(20)23-9-7-21(32-33-23)31-24(37)16-4-1-3-15(11-16)17-6-8-22(30-14-17)36(38)39/h1-14H,(H,31,32,37). The molecule has 1 amide bonds. The molecule has 0 unspecified atom stereocenters. The Bertz CT molecular complexity index is 1660. The molecule has 5 aromatic rings. The van der Waals surface area contributed by atoms with E-state index in [-0.39, 0.29) is 28.7 Å². The number of hydrogen-bond acceptors (Lipinski definition) is 8. The molecule has 0 fully saturated rings. The van der Waals surface area contributed by atoms with Gasteiger partial charge in [-0.05, 0) is 64.0 Å². The van der Waals surface area contributed by atoms with Crippen LogP contribution in [0.3, 0.4) is 0 Å². The molecule has 0 aliphatic heterocycles. The summed E-state index contributed by atoms with van der Waals surface area (Å²) in [5.74, 6) is -1.06. The summed E-state index contributed by atoms with van der Waals surface area (Å²) in [6.07, 6.45) is -0.507. The van der Waals surface area contributed by atoms with E-state index >= 15 is 0 Å². The Kier molecular flexibility index (Phi) is 6.50. The van der Waals surface area contributed by atoms with Gasteiger partial charge in [0.1, 0.15) is 6.20 Å². The van der Waals surface area contributed by atoms with Gasteiger partial charge in [0.25, 0.3) is 5.91 Å². The molecular weight excluding hydrogens is 517 g/mol. The van der Waals surface area contributed by atoms with Crippen molar-refractivity contribution in [2.75, 3.05) is 5.32 Å². The van der Waals surface area contributed by atoms with Gasteiger partial charge in [0.2, 0.25) is 0 Å². The molecule has 14 heteroatoms. The van der Waals surface area contributed by atoms with Gasteiger partial charge in [-0.15, -0.1) is 10.2 Å². The number of anilines is 1. The Hall–Kier alpha value is -5.53. The van der Waals surface area contributed by atoms with E-state index in [2.05, 4.69) is 30.6 Å². The summed E-state index contributed by atoms with van der Waals surface area (Å²) in [6, 6.07) is 15.8. The van der Waals surface area contributed by atoms with Crippen LogP contribution in [0.4, 0.5) is 24.8 Å². The average Bonchev–Trinajstić information content (AvgIpc) is 3.41. The summed E-state index contributed by atoms with van der Waals surface area (Å²) in [5.41, 5.74) is 0.788. The molecular formula is C25H15F3N8O3. The second kappa shape index (κ2) is 10.1. The van der Waals surface area contributed by atoms with Crippen LogP contribution >= 0.6 is 0 Å². The number of rotatable bonds is 6. The van der Waals surface area contributed by atoms with Crippen molar-refractivity contribution in [1.82, 2.24) is 29.9 Å². The van der Waals surface area contributed by atoms with Gasteiger partial charge in [0.05, 0.1) is 5.69 Å². The van der Waals surface area contributed by atoms with Crippen LogP contribution in [0, 0.1) is 10.1 Å². The van der Waals surface area contributed by atoms with Gasteiger partial charge in [-0.1, -0.05) is 12.1 Å². The first-order chi connectivity index (χ1) is 18.7. The SMILES string of the molecule is O=C(Nc1ccc(-n2nc(-c3cccnc3)cc2C(F)(F)F)nn1)c1cccc(-c2ccc([N+](=O)[O-])nc2)c1. The topological polar surface area (TPSA) is 142 Å². The molecule has 1 aromatic carbocycles. The van der Waals surface area contributed by atoms with Crippen molar-refractivity contribution in [3.63, 3.8) is 0 Å². The van der Waals surface area contributed by atoms with Crippen molar-refractivity contribution in [2.45, 2.75) is 6.18 Å². The van der Waals surface area contributed by atoms with E-state index in [4.69, 9.17) is 0 Å². The van der Waals surface area contributed by atoms with Crippen molar-refractivity contribution in [3.8, 4) is 28.2 Å². The number of carbonyl (C=O) groups excluding carboxylic acids is 1. The predicted octanol–water partition coefficient (Wildman–Crippen LogP) is 4.97. The minimum absolute atomic E-state index is 0.000599. The van der Waals surface area contributed by atoms with E-state index < -0.39 is 22.7 Å². The second-order valence-corrected chi connectivity index (χ2v) is 8.04. The molecule has 4 heterocycles. The lowest BCUT2D eigenvalue weighted by atomic mass is 10.0. The molecule has 0 saturated carbocycles. The second-order valence-electron chi connectivity index (χ2n) is 8.04. The Morgan fingerprint density at radius 3 is 2.38 bits per heavy atom. The zero-order valence-electron chi connectivity index (χ0n) is 19.6. The molecule has 0 atom stereocenters. The third kappa shape index (κ3) is 5.44. The molecule has 5 rings (SSSR count). The number of nitro groups is 1. The van der Waals surface area contributed by atoms with Gasteiger partial charge in [-0.25, -0.2) is 4.68 Å². The highest BCUT2D eigenvalue weighted by Crippen LogP contribution is 2.33. The molecule has 194 valence electrons. The summed E-state index contributed by atoms with van der Waals surface area (Å²) >= 11 is 0. The first kappa shape index (κ1) is 25.1. The predicted molar refractivity (Wildman–Crippen MR) is 132 cm³/mol. The van der Waals surface area contributed by atoms with Crippen LogP contribution in [0.2, 0.25) is 0 Å². The lowest BCUT2D eigenvalue weighted by Crippen LogP contribution is -2.16. The maximum Gasteiger partial charge on any atom is 0.433 e. The Morgan fingerprint density at radius 1 is 0.923 bits per heavy atom. The van der Waals surface area contributed by atoms with Crippen molar-refractivity contribution >= 4 is 17.5 Å². The Morgan fingerprint density at radius 2 is 1.74 bits per heavy atom. The fraction of sp³-hybridized carbons (Fsp3) is 0.0400. The Labute approximate surface area is 217 Å². The molecule has 0 aliphatic rings. The van der Waals surface area contributed by atoms with Gasteiger partial charge in [-0.2, -0.15) is 18.3 Å². The number of nitrogens with one attached hydrogen (secondary N) is 1. The molecule has 39 heavy (non-hydrogen) atoms. The smallest absolute Gasteiger partial charge is 0.358 e. The van der Waals surface area contributed by atoms with Gasteiger partial charge < -0.3 is 15.4 Å². The third-order valence-electron chi connectivity index (χ3n) is 5.46. The highest BCUT2D eigenvalue weighted by Gasteiger charge is 2.37. The van der Waals surface area contributed by atoms with Crippen LogP contribution in [0.5, 0.6) is 0 Å². The van der Waals surface area contributed by atoms with E-state index in [0.717, 1.165) is 6.07 Å². The monoisotopic (exact) mass is 532 g/mol. The number of alkyl halides is 3. The third-order valence-corrected chi connectivity index (χ3v) is 5.46. The molecule has 0 bridgehead atoms. The number of hydrogen-bond donors (Lipinski definition) is 1. The number of pyridine rings is 2. The van der Waals surface area contributed by atoms with Crippen LogP contribution in [-0.2, 0) is 6.18 Å². The fourth-order valence-corrected chi connectivity index (χ4v) is 3.61. The van der Waals surface area contributed by atoms with Crippen molar-refractivity contribution in [2.24, 2.45) is 0 Å². The maximum absolute atomic E-state index is 13.7. The van der Waals surface area contributed by atoms with E-state index in [1.807, 2.05) is 0 Å². The number of aromatic nitrogens is 6. The number of benzene rings is 1. The van der Waals surface area contributed by atoms with E-state index in [9.17, 15) is 28.1 Å². The first-order valence-corrected chi connectivity index (χ1v) is 11.1. The highest BCUT2D eigenvalue weighted by atomic mass is 19.4. The quantitative estimate of drug-likeness (QED) is 0.239. The summed E-state index contributed by atoms with van der Waals surface area (Å²) in [4.78, 5) is 30.7. The van der Waals surface area contributed by atoms with Crippen molar-refractivity contribution < 1.29 is 22.9 Å². The highest BCUT2D eigenvalue weighted by molar-refractivity contribution is 6.04. The fourth-order valence-electron chi connectivity index (χ4n) is 3.61. The lowest BCUT2D eigenvalue weighted by Gasteiger charge is -2.10. The minimum atomic E-state index is -4.72. The average molecular weight is 532 g/mol. The van der Waals surface area contributed by atoms with E-state index in [0.29, 0.717) is 21.4 Å². The molecule has 0 spiro atoms. The molecule has 1 N–H and O–H groups in total. The largest absolute Gasteiger partial charge is 0.433 e. The molecule has 0 aliphatic carbocycles. The van der Waals surface area contributed by atoms with Crippen molar-refractivity contribution in [1.29, 1.82) is 0 Å².